The van der Waals surface area contributed by atoms with Gasteiger partial charge in [0.25, 0.3) is 0 Å². The lowest BCUT2D eigenvalue weighted by Gasteiger charge is -2.23. The monoisotopic (exact) mass is 276 g/mol. The minimum Gasteiger partial charge on any atom is -0.385 e. The van der Waals surface area contributed by atoms with E-state index in [9.17, 15) is 9.59 Å². The summed E-state index contributed by atoms with van der Waals surface area (Å²) in [6, 6.07) is 4.71. The number of carbonyl (C=O) groups is 2. The van der Waals surface area contributed by atoms with Crippen LogP contribution in [0.2, 0.25) is 0 Å². The zero-order chi connectivity index (χ0) is 14.5. The Morgan fingerprint density at radius 2 is 1.65 bits per heavy atom. The highest BCUT2D eigenvalue weighted by molar-refractivity contribution is 5.99. The third kappa shape index (κ3) is 3.71. The van der Waals surface area contributed by atoms with Crippen molar-refractivity contribution in [2.75, 3.05) is 25.0 Å². The maximum absolute atomic E-state index is 11.3. The molecule has 1 aromatic rings. The van der Waals surface area contributed by atoms with Crippen LogP contribution in [0.5, 0.6) is 0 Å². The van der Waals surface area contributed by atoms with Crippen LogP contribution in [-0.4, -0.2) is 31.4 Å². The van der Waals surface area contributed by atoms with Gasteiger partial charge in [-0.25, -0.2) is 0 Å². The molecule has 1 fully saturated rings. The first-order valence-corrected chi connectivity index (χ1v) is 6.75. The van der Waals surface area contributed by atoms with Gasteiger partial charge in [0.05, 0.1) is 0 Å². The summed E-state index contributed by atoms with van der Waals surface area (Å²) in [5.41, 5.74) is 11.8. The van der Waals surface area contributed by atoms with E-state index in [0.717, 1.165) is 32.5 Å². The molecule has 0 spiro atoms. The van der Waals surface area contributed by atoms with Crippen LogP contribution >= 0.6 is 0 Å². The average molecular weight is 276 g/mol. The van der Waals surface area contributed by atoms with Gasteiger partial charge in [-0.05, 0) is 50.0 Å². The van der Waals surface area contributed by atoms with Gasteiger partial charge in [-0.2, -0.15) is 0 Å². The molecule has 20 heavy (non-hydrogen) atoms. The maximum atomic E-state index is 11.3. The van der Waals surface area contributed by atoms with Gasteiger partial charge in [-0.1, -0.05) is 0 Å². The van der Waals surface area contributed by atoms with Crippen LogP contribution in [0.1, 0.15) is 33.6 Å². The molecule has 1 aliphatic heterocycles. The third-order valence-electron chi connectivity index (χ3n) is 3.56. The van der Waals surface area contributed by atoms with Crippen molar-refractivity contribution in [3.63, 3.8) is 0 Å². The highest BCUT2D eigenvalue weighted by atomic mass is 16.1. The molecule has 1 heterocycles. The van der Waals surface area contributed by atoms with Crippen LogP contribution in [0.25, 0.3) is 0 Å². The molecular formula is C14H20N4O2. The maximum Gasteiger partial charge on any atom is 0.248 e. The summed E-state index contributed by atoms with van der Waals surface area (Å²) in [4.78, 5) is 22.5. The molecule has 6 heteroatoms. The zero-order valence-corrected chi connectivity index (χ0v) is 11.3. The number of hydrogen-bond donors (Lipinski definition) is 4. The topological polar surface area (TPSA) is 110 Å². The van der Waals surface area contributed by atoms with Crippen molar-refractivity contribution < 1.29 is 9.59 Å². The minimum atomic E-state index is -0.571. The number of amides is 2. The van der Waals surface area contributed by atoms with E-state index in [1.54, 1.807) is 12.1 Å². The van der Waals surface area contributed by atoms with Crippen LogP contribution in [0.3, 0.4) is 0 Å². The van der Waals surface area contributed by atoms with Gasteiger partial charge < -0.3 is 22.1 Å². The number of benzene rings is 1. The summed E-state index contributed by atoms with van der Waals surface area (Å²) in [5, 5.41) is 6.57. The predicted octanol–water partition coefficient (Wildman–Crippen LogP) is 0.296. The van der Waals surface area contributed by atoms with Gasteiger partial charge in [-0.15, -0.1) is 0 Å². The number of nitrogens with two attached hydrogens (primary N) is 2. The van der Waals surface area contributed by atoms with Crippen molar-refractivity contribution in [3.8, 4) is 0 Å². The lowest BCUT2D eigenvalue weighted by molar-refractivity contribution is 0.0999. The first-order chi connectivity index (χ1) is 9.56. The number of anilines is 1. The molecule has 0 bridgehead atoms. The van der Waals surface area contributed by atoms with Gasteiger partial charge in [0.1, 0.15) is 0 Å². The Morgan fingerprint density at radius 3 is 2.15 bits per heavy atom. The largest absolute Gasteiger partial charge is 0.385 e. The highest BCUT2D eigenvalue weighted by Crippen LogP contribution is 2.17. The molecule has 108 valence electrons. The summed E-state index contributed by atoms with van der Waals surface area (Å²) in [6.45, 7) is 2.86. The number of piperidine rings is 1. The Labute approximate surface area is 117 Å². The Hall–Kier alpha value is -2.08. The molecule has 0 aliphatic carbocycles. The smallest absolute Gasteiger partial charge is 0.248 e. The molecule has 2 amide bonds. The molecule has 0 unspecified atom stereocenters. The Bertz CT molecular complexity index is 478. The Balaban J connectivity index is 2.09. The van der Waals surface area contributed by atoms with Crippen LogP contribution in [0, 0.1) is 5.92 Å². The van der Waals surface area contributed by atoms with E-state index < -0.39 is 11.8 Å². The molecule has 0 aromatic heterocycles. The average Bonchev–Trinajstić information content (AvgIpc) is 2.45. The lowest BCUT2D eigenvalue weighted by Crippen LogP contribution is -2.31. The first-order valence-electron chi connectivity index (χ1n) is 6.75. The van der Waals surface area contributed by atoms with Crippen LogP contribution < -0.4 is 22.1 Å². The van der Waals surface area contributed by atoms with Crippen molar-refractivity contribution in [2.24, 2.45) is 17.4 Å². The van der Waals surface area contributed by atoms with Gasteiger partial charge >= 0.3 is 0 Å². The van der Waals surface area contributed by atoms with Crippen molar-refractivity contribution in [1.82, 2.24) is 5.32 Å². The van der Waals surface area contributed by atoms with Gasteiger partial charge in [-0.3, -0.25) is 9.59 Å². The number of rotatable bonds is 5. The van der Waals surface area contributed by atoms with Crippen molar-refractivity contribution in [3.05, 3.63) is 29.3 Å². The van der Waals surface area contributed by atoms with E-state index in [4.69, 9.17) is 11.5 Å². The number of carbonyl (C=O) groups excluding carboxylic acids is 2. The standard InChI is InChI=1S/C14H20N4O2/c15-13(19)10-5-11(14(16)20)7-12(6-10)18-8-9-1-3-17-4-2-9/h5-7,9,17-18H,1-4,8H2,(H2,15,19)(H2,16,20). The van der Waals surface area contributed by atoms with Crippen molar-refractivity contribution in [2.45, 2.75) is 12.8 Å². The minimum absolute atomic E-state index is 0.286. The lowest BCUT2D eigenvalue weighted by atomic mass is 9.98. The van der Waals surface area contributed by atoms with Crippen molar-refractivity contribution in [1.29, 1.82) is 0 Å². The fourth-order valence-corrected chi connectivity index (χ4v) is 2.36. The second-order valence-electron chi connectivity index (χ2n) is 5.10. The van der Waals surface area contributed by atoms with Crippen LogP contribution in [0.4, 0.5) is 5.69 Å². The Morgan fingerprint density at radius 1 is 1.10 bits per heavy atom. The SMILES string of the molecule is NC(=O)c1cc(NCC2CCNCC2)cc(C(N)=O)c1. The molecule has 6 N–H and O–H groups in total. The summed E-state index contributed by atoms with van der Waals surface area (Å²) < 4.78 is 0. The van der Waals surface area contributed by atoms with Crippen molar-refractivity contribution >= 4 is 17.5 Å². The molecular weight excluding hydrogens is 256 g/mol. The van der Waals surface area contributed by atoms with E-state index in [-0.39, 0.29) is 11.1 Å². The van der Waals surface area contributed by atoms with E-state index >= 15 is 0 Å². The summed E-state index contributed by atoms with van der Waals surface area (Å²) >= 11 is 0. The molecule has 0 atom stereocenters. The quantitative estimate of drug-likeness (QED) is 0.619. The van der Waals surface area contributed by atoms with Crippen LogP contribution in [-0.2, 0) is 0 Å². The molecule has 1 saturated heterocycles. The highest BCUT2D eigenvalue weighted by Gasteiger charge is 2.14. The molecule has 0 radical (unpaired) electrons. The second-order valence-corrected chi connectivity index (χ2v) is 5.10. The molecule has 1 aromatic carbocycles. The van der Waals surface area contributed by atoms with E-state index in [2.05, 4.69) is 10.6 Å². The summed E-state index contributed by atoms with van der Waals surface area (Å²) in [6.07, 6.45) is 2.23. The summed E-state index contributed by atoms with van der Waals surface area (Å²) in [7, 11) is 0. The first kappa shape index (κ1) is 14.3. The summed E-state index contributed by atoms with van der Waals surface area (Å²) in [5.74, 6) is -0.554. The second kappa shape index (κ2) is 6.38. The van der Waals surface area contributed by atoms with Gasteiger partial charge in [0.15, 0.2) is 0 Å². The normalized spacial score (nSPS) is 15.8. The Kier molecular flexibility index (Phi) is 4.57. The van der Waals surface area contributed by atoms with Gasteiger partial charge in [0, 0.05) is 23.4 Å². The number of nitrogens with one attached hydrogen (secondary N) is 2. The molecule has 6 nitrogen and oxygen atoms in total. The fourth-order valence-electron chi connectivity index (χ4n) is 2.36. The number of hydrogen-bond acceptors (Lipinski definition) is 4. The molecule has 1 aliphatic rings. The van der Waals surface area contributed by atoms with Crippen LogP contribution in [0.15, 0.2) is 18.2 Å². The third-order valence-corrected chi connectivity index (χ3v) is 3.56. The van der Waals surface area contributed by atoms with E-state index in [0.29, 0.717) is 11.6 Å². The zero-order valence-electron chi connectivity index (χ0n) is 11.3. The van der Waals surface area contributed by atoms with E-state index in [1.165, 1.54) is 6.07 Å². The molecule has 2 rings (SSSR count). The fraction of sp³-hybridized carbons (Fsp3) is 0.429. The number of primary amides is 2. The molecule has 0 saturated carbocycles. The predicted molar refractivity (Wildman–Crippen MR) is 77.6 cm³/mol. The van der Waals surface area contributed by atoms with Gasteiger partial charge in [0.2, 0.25) is 11.8 Å². The van der Waals surface area contributed by atoms with E-state index in [1.807, 2.05) is 0 Å².